The van der Waals surface area contributed by atoms with Crippen LogP contribution in [0.3, 0.4) is 0 Å². The number of carboxylic acids is 1. The van der Waals surface area contributed by atoms with Gasteiger partial charge in [0, 0.05) is 40.6 Å². The number of aromatic carboxylic acids is 1. The van der Waals surface area contributed by atoms with Crippen LogP contribution in [0.2, 0.25) is 0 Å². The van der Waals surface area contributed by atoms with Crippen molar-refractivity contribution in [3.8, 4) is 0 Å². The van der Waals surface area contributed by atoms with E-state index in [2.05, 4.69) is 5.32 Å². The van der Waals surface area contributed by atoms with Gasteiger partial charge in [0.05, 0.1) is 5.56 Å². The minimum atomic E-state index is -1.24. The Labute approximate surface area is 226 Å². The molecular formula is C32H28N2O5. The molecule has 0 saturated heterocycles. The van der Waals surface area contributed by atoms with Crippen LogP contribution in [0.4, 0.5) is 0 Å². The summed E-state index contributed by atoms with van der Waals surface area (Å²) in [6.07, 6.45) is 1.10. The highest BCUT2D eigenvalue weighted by molar-refractivity contribution is 6.29. The van der Waals surface area contributed by atoms with Gasteiger partial charge in [0.25, 0.3) is 17.7 Å². The van der Waals surface area contributed by atoms with Gasteiger partial charge in [-0.1, -0.05) is 59.7 Å². The van der Waals surface area contributed by atoms with Gasteiger partial charge in [-0.15, -0.1) is 0 Å². The predicted molar refractivity (Wildman–Crippen MR) is 148 cm³/mol. The molecule has 39 heavy (non-hydrogen) atoms. The molecule has 0 unspecified atom stereocenters. The molecule has 196 valence electrons. The molecule has 1 aliphatic heterocycles. The molecule has 0 radical (unpaired) electrons. The van der Waals surface area contributed by atoms with Gasteiger partial charge >= 0.3 is 5.97 Å². The summed E-state index contributed by atoms with van der Waals surface area (Å²) in [5.41, 5.74) is 4.69. The Balaban J connectivity index is 1.47. The van der Waals surface area contributed by atoms with Crippen molar-refractivity contribution in [1.29, 1.82) is 0 Å². The number of hydrogen-bond donors (Lipinski definition) is 2. The van der Waals surface area contributed by atoms with Gasteiger partial charge in [0.1, 0.15) is 0 Å². The van der Waals surface area contributed by atoms with E-state index in [9.17, 15) is 24.3 Å². The quantitative estimate of drug-likeness (QED) is 0.320. The van der Waals surface area contributed by atoms with Crippen molar-refractivity contribution in [3.05, 3.63) is 117 Å². The molecule has 0 aromatic heterocycles. The van der Waals surface area contributed by atoms with Crippen LogP contribution in [-0.4, -0.2) is 46.8 Å². The first-order valence-electron chi connectivity index (χ1n) is 12.8. The smallest absolute Gasteiger partial charge is 0.336 e. The molecule has 1 aliphatic rings. The van der Waals surface area contributed by atoms with Gasteiger partial charge in [-0.25, -0.2) is 4.79 Å². The highest BCUT2D eigenvalue weighted by Gasteiger charge is 2.35. The van der Waals surface area contributed by atoms with Crippen LogP contribution in [0.15, 0.2) is 72.8 Å². The van der Waals surface area contributed by atoms with Gasteiger partial charge in [-0.2, -0.15) is 0 Å². The van der Waals surface area contributed by atoms with Crippen LogP contribution in [0.1, 0.15) is 63.7 Å². The molecular weight excluding hydrogens is 492 g/mol. The first-order valence-corrected chi connectivity index (χ1v) is 12.8. The minimum absolute atomic E-state index is 0.102. The summed E-state index contributed by atoms with van der Waals surface area (Å²) in [5.74, 6) is -2.71. The third-order valence-corrected chi connectivity index (χ3v) is 7.08. The topological polar surface area (TPSA) is 104 Å². The average Bonchev–Trinajstić information content (AvgIpc) is 2.91. The summed E-state index contributed by atoms with van der Waals surface area (Å²) in [6.45, 7) is 4.51. The van der Waals surface area contributed by atoms with Crippen LogP contribution >= 0.6 is 0 Å². The molecule has 0 saturated carbocycles. The van der Waals surface area contributed by atoms with Gasteiger partial charge in [0.2, 0.25) is 0 Å². The molecule has 5 rings (SSSR count). The zero-order chi connectivity index (χ0) is 27.7. The lowest BCUT2D eigenvalue weighted by molar-refractivity contribution is 0.0608. The molecule has 1 heterocycles. The van der Waals surface area contributed by atoms with E-state index >= 15 is 0 Å². The third-order valence-electron chi connectivity index (χ3n) is 7.08. The molecule has 3 amide bonds. The van der Waals surface area contributed by atoms with E-state index in [1.807, 2.05) is 62.4 Å². The number of carbonyl (C=O) groups is 4. The Morgan fingerprint density at radius 1 is 0.744 bits per heavy atom. The van der Waals surface area contributed by atoms with Crippen molar-refractivity contribution in [2.24, 2.45) is 0 Å². The van der Waals surface area contributed by atoms with Crippen LogP contribution in [-0.2, 0) is 12.8 Å². The van der Waals surface area contributed by atoms with E-state index in [0.717, 1.165) is 22.3 Å². The summed E-state index contributed by atoms with van der Waals surface area (Å²) in [4.78, 5) is 53.6. The summed E-state index contributed by atoms with van der Waals surface area (Å²) >= 11 is 0. The first kappa shape index (κ1) is 25.9. The van der Waals surface area contributed by atoms with Gasteiger partial charge in [-0.05, 0) is 62.1 Å². The molecule has 4 aromatic rings. The SMILES string of the molecule is Cc1cccc(CCNC(=O)c2ccc3c4c(ccc(C(=O)O)c24)C(=O)N(CCc2cccc(C)c2)C3=O)c1. The Bertz CT molecular complexity index is 1630. The van der Waals surface area contributed by atoms with Crippen LogP contribution in [0.25, 0.3) is 10.8 Å². The maximum atomic E-state index is 13.5. The van der Waals surface area contributed by atoms with E-state index in [1.54, 1.807) is 0 Å². The molecule has 0 fully saturated rings. The average molecular weight is 521 g/mol. The van der Waals surface area contributed by atoms with Crippen molar-refractivity contribution >= 4 is 34.5 Å². The van der Waals surface area contributed by atoms with Gasteiger partial charge < -0.3 is 10.4 Å². The van der Waals surface area contributed by atoms with Crippen molar-refractivity contribution in [1.82, 2.24) is 10.2 Å². The number of aryl methyl sites for hydroxylation is 2. The Hall–Kier alpha value is -4.78. The molecule has 7 nitrogen and oxygen atoms in total. The van der Waals surface area contributed by atoms with Crippen molar-refractivity contribution in [2.45, 2.75) is 26.7 Å². The van der Waals surface area contributed by atoms with E-state index < -0.39 is 23.7 Å². The zero-order valence-corrected chi connectivity index (χ0v) is 21.8. The summed E-state index contributed by atoms with van der Waals surface area (Å²) in [7, 11) is 0. The van der Waals surface area contributed by atoms with E-state index in [0.29, 0.717) is 19.4 Å². The number of imide groups is 1. The van der Waals surface area contributed by atoms with Crippen molar-refractivity contribution in [3.63, 3.8) is 0 Å². The third kappa shape index (κ3) is 5.03. The zero-order valence-electron chi connectivity index (χ0n) is 21.8. The molecule has 0 atom stereocenters. The molecule has 2 N–H and O–H groups in total. The number of rotatable bonds is 8. The molecule has 7 heteroatoms. The van der Waals surface area contributed by atoms with Gasteiger partial charge in [-0.3, -0.25) is 19.3 Å². The standard InChI is InChI=1S/C32H28N2O5/c1-19-5-3-7-21(17-19)13-15-33-29(35)23-9-10-24-28-25(11-12-26(27(23)28)32(38)39)31(37)34(30(24)36)16-14-22-8-4-6-20(2)18-22/h3-12,17-18H,13-16H2,1-2H3,(H,33,35)(H,38,39). The predicted octanol–water partition coefficient (Wildman–Crippen LogP) is 4.97. The minimum Gasteiger partial charge on any atom is -0.478 e. The number of amides is 3. The number of nitrogens with one attached hydrogen (secondary N) is 1. The Morgan fingerprint density at radius 3 is 1.87 bits per heavy atom. The second-order valence-electron chi connectivity index (χ2n) is 9.87. The van der Waals surface area contributed by atoms with Crippen LogP contribution in [0, 0.1) is 13.8 Å². The number of carboxylic acid groups (broad SMARTS) is 1. The maximum absolute atomic E-state index is 13.5. The van der Waals surface area contributed by atoms with Crippen molar-refractivity contribution in [2.75, 3.05) is 13.1 Å². The fraction of sp³-hybridized carbons (Fsp3) is 0.188. The largest absolute Gasteiger partial charge is 0.478 e. The van der Waals surface area contributed by atoms with E-state index in [-0.39, 0.29) is 39.6 Å². The second kappa shape index (κ2) is 10.5. The van der Waals surface area contributed by atoms with Gasteiger partial charge in [0.15, 0.2) is 0 Å². The summed E-state index contributed by atoms with van der Waals surface area (Å²) in [5, 5.41) is 13.1. The first-order chi connectivity index (χ1) is 18.7. The molecule has 0 bridgehead atoms. The lowest BCUT2D eigenvalue weighted by Crippen LogP contribution is -2.41. The van der Waals surface area contributed by atoms with Crippen LogP contribution in [0.5, 0.6) is 0 Å². The molecule has 0 aliphatic carbocycles. The highest BCUT2D eigenvalue weighted by atomic mass is 16.4. The number of hydrogen-bond acceptors (Lipinski definition) is 4. The fourth-order valence-electron chi connectivity index (χ4n) is 5.20. The molecule has 4 aromatic carbocycles. The number of nitrogens with zero attached hydrogens (tertiary/aromatic N) is 1. The van der Waals surface area contributed by atoms with Crippen LogP contribution < -0.4 is 5.32 Å². The Morgan fingerprint density at radius 2 is 1.31 bits per heavy atom. The highest BCUT2D eigenvalue weighted by Crippen LogP contribution is 2.35. The lowest BCUT2D eigenvalue weighted by Gasteiger charge is -2.28. The summed E-state index contributed by atoms with van der Waals surface area (Å²) < 4.78 is 0. The van der Waals surface area contributed by atoms with Crippen molar-refractivity contribution < 1.29 is 24.3 Å². The fourth-order valence-corrected chi connectivity index (χ4v) is 5.20. The maximum Gasteiger partial charge on any atom is 0.336 e. The number of benzene rings is 4. The summed E-state index contributed by atoms with van der Waals surface area (Å²) in [6, 6.07) is 21.6. The van der Waals surface area contributed by atoms with E-state index in [1.165, 1.54) is 29.2 Å². The Kier molecular flexibility index (Phi) is 6.98. The second-order valence-corrected chi connectivity index (χ2v) is 9.87. The normalized spacial score (nSPS) is 12.6. The lowest BCUT2D eigenvalue weighted by atomic mass is 9.88. The molecule has 0 spiro atoms. The number of carbonyl (C=O) groups excluding carboxylic acids is 3. The van der Waals surface area contributed by atoms with E-state index in [4.69, 9.17) is 0 Å². The monoisotopic (exact) mass is 520 g/mol.